The van der Waals surface area contributed by atoms with Gasteiger partial charge in [-0.15, -0.1) is 35.5 Å². The molecule has 1 aromatic carbocycles. The molecule has 0 spiro atoms. The molecular formula is C14H13ClF3N3OS2. The van der Waals surface area contributed by atoms with Crippen LogP contribution in [0.4, 0.5) is 18.3 Å². The Morgan fingerprint density at radius 2 is 2.17 bits per heavy atom. The summed E-state index contributed by atoms with van der Waals surface area (Å²) in [5.41, 5.74) is 0.0528. The van der Waals surface area contributed by atoms with Crippen LogP contribution in [0.2, 0.25) is 0 Å². The van der Waals surface area contributed by atoms with Gasteiger partial charge < -0.3 is 5.32 Å². The number of benzene rings is 1. The third kappa shape index (κ3) is 4.41. The number of hydrogen-bond acceptors (Lipinski definition) is 5. The summed E-state index contributed by atoms with van der Waals surface area (Å²) in [6, 6.07) is 4.71. The second-order valence-corrected chi connectivity index (χ2v) is 6.77. The normalized spacial score (nSPS) is 17.4. The summed E-state index contributed by atoms with van der Waals surface area (Å²) in [7, 11) is 0. The number of hydrogen-bond donors (Lipinski definition) is 2. The molecule has 4 nitrogen and oxygen atoms in total. The van der Waals surface area contributed by atoms with E-state index >= 15 is 0 Å². The van der Waals surface area contributed by atoms with E-state index in [9.17, 15) is 18.0 Å². The molecule has 0 saturated carbocycles. The van der Waals surface area contributed by atoms with Crippen molar-refractivity contribution >= 4 is 46.5 Å². The number of rotatable bonds is 3. The molecule has 2 heterocycles. The van der Waals surface area contributed by atoms with E-state index in [-0.39, 0.29) is 24.4 Å². The van der Waals surface area contributed by atoms with Gasteiger partial charge in [0, 0.05) is 22.6 Å². The van der Waals surface area contributed by atoms with E-state index in [2.05, 4.69) is 15.6 Å². The van der Waals surface area contributed by atoms with Gasteiger partial charge in [0.1, 0.15) is 0 Å². The number of thioether (sulfide) groups is 1. The fourth-order valence-corrected chi connectivity index (χ4v) is 3.74. The van der Waals surface area contributed by atoms with Gasteiger partial charge in [0.05, 0.1) is 17.3 Å². The molecule has 1 unspecified atom stereocenters. The van der Waals surface area contributed by atoms with Crippen molar-refractivity contribution in [2.75, 3.05) is 16.9 Å². The topological polar surface area (TPSA) is 54.0 Å². The highest BCUT2D eigenvalue weighted by molar-refractivity contribution is 7.99. The minimum Gasteiger partial charge on any atom is -0.301 e. The Morgan fingerprint density at radius 1 is 1.38 bits per heavy atom. The Bertz CT molecular complexity index is 717. The lowest BCUT2D eigenvalue weighted by Gasteiger charge is -2.08. The van der Waals surface area contributed by atoms with Crippen LogP contribution in [-0.2, 0) is 11.0 Å². The van der Waals surface area contributed by atoms with Crippen LogP contribution < -0.4 is 10.6 Å². The summed E-state index contributed by atoms with van der Waals surface area (Å²) in [5.74, 6) is 1.24. The number of nitrogens with zero attached hydrogens (tertiary/aromatic N) is 1. The fourth-order valence-electron chi connectivity index (χ4n) is 2.07. The maximum atomic E-state index is 12.7. The molecule has 0 bridgehead atoms. The standard InChI is InChI=1S/C14H12F3N3OS2.ClH/c15-14(16,17)9-3-1-2-8(4-9)10-6-23-13(19-10)20-12(21)11-5-22-7-18-11;/h1-4,6,11,18H,5,7H2,(H,19,20,21);1H. The molecule has 10 heteroatoms. The molecule has 130 valence electrons. The summed E-state index contributed by atoms with van der Waals surface area (Å²) in [4.78, 5) is 16.2. The third-order valence-electron chi connectivity index (χ3n) is 3.25. The number of carbonyl (C=O) groups is 1. The average molecular weight is 396 g/mol. The maximum Gasteiger partial charge on any atom is 0.416 e. The van der Waals surface area contributed by atoms with Crippen molar-refractivity contribution in [2.24, 2.45) is 0 Å². The average Bonchev–Trinajstić information content (AvgIpc) is 3.18. The molecule has 2 aromatic rings. The fraction of sp³-hybridized carbons (Fsp3) is 0.286. The number of halogens is 4. The van der Waals surface area contributed by atoms with E-state index in [0.29, 0.717) is 22.1 Å². The molecule has 1 fully saturated rings. The number of carbonyl (C=O) groups excluding carboxylic acids is 1. The van der Waals surface area contributed by atoms with Gasteiger partial charge in [-0.3, -0.25) is 10.1 Å². The highest BCUT2D eigenvalue weighted by Crippen LogP contribution is 2.33. The second kappa shape index (κ2) is 7.73. The predicted octanol–water partition coefficient (Wildman–Crippen LogP) is 3.85. The van der Waals surface area contributed by atoms with Crippen molar-refractivity contribution in [3.8, 4) is 11.3 Å². The zero-order valence-electron chi connectivity index (χ0n) is 12.1. The van der Waals surface area contributed by atoms with Crippen molar-refractivity contribution < 1.29 is 18.0 Å². The van der Waals surface area contributed by atoms with Crippen LogP contribution in [0.15, 0.2) is 29.6 Å². The Balaban J connectivity index is 0.00000208. The lowest BCUT2D eigenvalue weighted by atomic mass is 10.1. The van der Waals surface area contributed by atoms with E-state index < -0.39 is 11.7 Å². The Morgan fingerprint density at radius 3 is 2.83 bits per heavy atom. The van der Waals surface area contributed by atoms with Crippen LogP contribution in [0.3, 0.4) is 0 Å². The van der Waals surface area contributed by atoms with Crippen LogP contribution in [-0.4, -0.2) is 28.6 Å². The van der Waals surface area contributed by atoms with Crippen LogP contribution in [0.25, 0.3) is 11.3 Å². The van der Waals surface area contributed by atoms with Crippen LogP contribution in [0.5, 0.6) is 0 Å². The number of alkyl halides is 3. The number of anilines is 1. The van der Waals surface area contributed by atoms with E-state index in [0.717, 1.165) is 18.0 Å². The van der Waals surface area contributed by atoms with E-state index in [1.165, 1.54) is 17.4 Å². The zero-order chi connectivity index (χ0) is 16.4. The van der Waals surface area contributed by atoms with E-state index in [1.54, 1.807) is 23.2 Å². The minimum absolute atomic E-state index is 0. The summed E-state index contributed by atoms with van der Waals surface area (Å²) >= 11 is 2.82. The zero-order valence-corrected chi connectivity index (χ0v) is 14.5. The summed E-state index contributed by atoms with van der Waals surface area (Å²) < 4.78 is 38.2. The van der Waals surface area contributed by atoms with Crippen LogP contribution in [0, 0.1) is 0 Å². The Hall–Kier alpha value is -1.29. The number of aromatic nitrogens is 1. The smallest absolute Gasteiger partial charge is 0.301 e. The van der Waals surface area contributed by atoms with Gasteiger partial charge in [-0.2, -0.15) is 13.2 Å². The van der Waals surface area contributed by atoms with Gasteiger partial charge in [0.15, 0.2) is 5.13 Å². The first-order chi connectivity index (χ1) is 10.9. The molecule has 2 N–H and O–H groups in total. The highest BCUT2D eigenvalue weighted by Gasteiger charge is 2.30. The molecule has 1 amide bonds. The first-order valence-electron chi connectivity index (χ1n) is 6.68. The van der Waals surface area contributed by atoms with E-state index in [4.69, 9.17) is 0 Å². The highest BCUT2D eigenvalue weighted by atomic mass is 35.5. The molecule has 0 radical (unpaired) electrons. The summed E-state index contributed by atoms with van der Waals surface area (Å²) in [6.45, 7) is 0. The third-order valence-corrected chi connectivity index (χ3v) is 4.95. The quantitative estimate of drug-likeness (QED) is 0.828. The molecule has 24 heavy (non-hydrogen) atoms. The lowest BCUT2D eigenvalue weighted by Crippen LogP contribution is -2.37. The van der Waals surface area contributed by atoms with Crippen molar-refractivity contribution in [1.82, 2.24) is 10.3 Å². The van der Waals surface area contributed by atoms with Gasteiger partial charge in [0.2, 0.25) is 5.91 Å². The molecule has 3 rings (SSSR count). The molecule has 1 aliphatic heterocycles. The van der Waals surface area contributed by atoms with Crippen molar-refractivity contribution in [3.63, 3.8) is 0 Å². The molecular weight excluding hydrogens is 383 g/mol. The Labute approximate surface area is 150 Å². The number of thiazole rings is 1. The maximum absolute atomic E-state index is 12.7. The second-order valence-electron chi connectivity index (χ2n) is 4.88. The molecule has 1 atom stereocenters. The van der Waals surface area contributed by atoms with Gasteiger partial charge in [0.25, 0.3) is 0 Å². The first kappa shape index (κ1) is 19.0. The summed E-state index contributed by atoms with van der Waals surface area (Å²) in [5, 5.41) is 7.73. The number of nitrogens with one attached hydrogen (secondary N) is 2. The largest absolute Gasteiger partial charge is 0.416 e. The minimum atomic E-state index is -4.39. The van der Waals surface area contributed by atoms with Crippen molar-refractivity contribution in [3.05, 3.63) is 35.2 Å². The van der Waals surface area contributed by atoms with E-state index in [1.807, 2.05) is 0 Å². The Kier molecular flexibility index (Phi) is 6.13. The molecule has 1 aromatic heterocycles. The van der Waals surface area contributed by atoms with Crippen molar-refractivity contribution in [2.45, 2.75) is 12.2 Å². The van der Waals surface area contributed by atoms with Gasteiger partial charge in [-0.1, -0.05) is 12.1 Å². The van der Waals surface area contributed by atoms with Gasteiger partial charge in [-0.25, -0.2) is 4.98 Å². The molecule has 1 saturated heterocycles. The number of amides is 1. The lowest BCUT2D eigenvalue weighted by molar-refractivity contribution is -0.137. The van der Waals surface area contributed by atoms with Crippen LogP contribution >= 0.6 is 35.5 Å². The monoisotopic (exact) mass is 395 g/mol. The SMILES string of the molecule is Cl.O=C(Nc1nc(-c2cccc(C(F)(F)F)c2)cs1)C1CSCN1. The summed E-state index contributed by atoms with van der Waals surface area (Å²) in [6.07, 6.45) is -4.39. The predicted molar refractivity (Wildman–Crippen MR) is 92.7 cm³/mol. The molecule has 1 aliphatic rings. The first-order valence-corrected chi connectivity index (χ1v) is 8.72. The van der Waals surface area contributed by atoms with Gasteiger partial charge >= 0.3 is 6.18 Å². The van der Waals surface area contributed by atoms with Gasteiger partial charge in [-0.05, 0) is 12.1 Å². The molecule has 0 aliphatic carbocycles. The van der Waals surface area contributed by atoms with Crippen molar-refractivity contribution in [1.29, 1.82) is 0 Å². The van der Waals surface area contributed by atoms with Crippen LogP contribution in [0.1, 0.15) is 5.56 Å².